The van der Waals surface area contributed by atoms with Crippen LogP contribution in [0, 0.1) is 0 Å². The maximum atomic E-state index is 12.6. The Balaban J connectivity index is 1.83. The summed E-state index contributed by atoms with van der Waals surface area (Å²) in [5, 5.41) is 9.60. The molecular formula is C17H20ClF3N6. The zero-order valence-corrected chi connectivity index (χ0v) is 15.4. The first-order valence-electron chi connectivity index (χ1n) is 8.29. The molecule has 2 aromatic rings. The minimum Gasteiger partial charge on any atom is -0.357 e. The van der Waals surface area contributed by atoms with E-state index in [-0.39, 0.29) is 5.95 Å². The first-order chi connectivity index (χ1) is 12.9. The summed E-state index contributed by atoms with van der Waals surface area (Å²) in [6.07, 6.45) is -3.42. The van der Waals surface area contributed by atoms with Gasteiger partial charge in [-0.25, -0.2) is 15.0 Å². The number of nitrogens with one attached hydrogen (secondary N) is 3. The Labute approximate surface area is 160 Å². The van der Waals surface area contributed by atoms with Gasteiger partial charge in [0.1, 0.15) is 5.69 Å². The van der Waals surface area contributed by atoms with Crippen LogP contribution in [-0.4, -0.2) is 35.6 Å². The molecule has 0 fully saturated rings. The summed E-state index contributed by atoms with van der Waals surface area (Å²) in [7, 11) is 0. The van der Waals surface area contributed by atoms with Crippen LogP contribution >= 0.6 is 11.6 Å². The Hall–Kier alpha value is -2.55. The summed E-state index contributed by atoms with van der Waals surface area (Å²) in [4.78, 5) is 11.7. The molecule has 1 heterocycles. The molecule has 0 spiro atoms. The van der Waals surface area contributed by atoms with Gasteiger partial charge in [0.05, 0.1) is 6.54 Å². The quantitative estimate of drug-likeness (QED) is 0.378. The Morgan fingerprint density at radius 3 is 2.52 bits per heavy atom. The summed E-state index contributed by atoms with van der Waals surface area (Å²) in [5.74, 6) is 0.522. The molecule has 3 N–H and O–H groups in total. The maximum absolute atomic E-state index is 12.6. The molecular weight excluding hydrogens is 381 g/mol. The second-order valence-corrected chi connectivity index (χ2v) is 5.87. The van der Waals surface area contributed by atoms with Crippen LogP contribution in [0.5, 0.6) is 0 Å². The van der Waals surface area contributed by atoms with Crippen molar-refractivity contribution in [2.24, 2.45) is 4.99 Å². The van der Waals surface area contributed by atoms with Gasteiger partial charge in [-0.05, 0) is 30.7 Å². The van der Waals surface area contributed by atoms with Gasteiger partial charge in [-0.1, -0.05) is 23.7 Å². The number of benzene rings is 1. The Morgan fingerprint density at radius 2 is 1.85 bits per heavy atom. The number of aliphatic imine (C=N–C) groups is 1. The fourth-order valence-electron chi connectivity index (χ4n) is 2.06. The Bertz CT molecular complexity index is 749. The van der Waals surface area contributed by atoms with Crippen LogP contribution in [0.1, 0.15) is 18.2 Å². The summed E-state index contributed by atoms with van der Waals surface area (Å²) in [6.45, 7) is 3.83. The van der Waals surface area contributed by atoms with E-state index in [4.69, 9.17) is 11.6 Å². The van der Waals surface area contributed by atoms with E-state index in [1.807, 2.05) is 19.1 Å². The van der Waals surface area contributed by atoms with Crippen LogP contribution in [0.4, 0.5) is 19.1 Å². The van der Waals surface area contributed by atoms with E-state index in [0.717, 1.165) is 17.8 Å². The summed E-state index contributed by atoms with van der Waals surface area (Å²) >= 11 is 5.85. The van der Waals surface area contributed by atoms with E-state index >= 15 is 0 Å². The predicted octanol–water partition coefficient (Wildman–Crippen LogP) is 3.32. The number of nitrogens with zero attached hydrogens (tertiary/aromatic N) is 3. The van der Waals surface area contributed by atoms with Gasteiger partial charge in [-0.3, -0.25) is 0 Å². The molecule has 0 saturated heterocycles. The number of rotatable bonds is 7. The van der Waals surface area contributed by atoms with Crippen LogP contribution in [0.15, 0.2) is 41.5 Å². The zero-order valence-electron chi connectivity index (χ0n) is 14.6. The van der Waals surface area contributed by atoms with Crippen LogP contribution in [0.2, 0.25) is 5.02 Å². The molecule has 0 radical (unpaired) electrons. The van der Waals surface area contributed by atoms with E-state index in [1.165, 1.54) is 0 Å². The van der Waals surface area contributed by atoms with Gasteiger partial charge in [0.25, 0.3) is 0 Å². The predicted molar refractivity (Wildman–Crippen MR) is 99.8 cm³/mol. The molecule has 0 atom stereocenters. The van der Waals surface area contributed by atoms with Crippen molar-refractivity contribution in [2.75, 3.05) is 25.0 Å². The van der Waals surface area contributed by atoms with Crippen LogP contribution in [0.3, 0.4) is 0 Å². The highest BCUT2D eigenvalue weighted by Crippen LogP contribution is 2.27. The minimum atomic E-state index is -4.50. The van der Waals surface area contributed by atoms with Crippen molar-refractivity contribution in [1.82, 2.24) is 20.6 Å². The molecule has 6 nitrogen and oxygen atoms in total. The van der Waals surface area contributed by atoms with Gasteiger partial charge >= 0.3 is 6.18 Å². The lowest BCUT2D eigenvalue weighted by atomic mass is 10.2. The Morgan fingerprint density at radius 1 is 1.11 bits per heavy atom. The molecule has 0 unspecified atom stereocenters. The van der Waals surface area contributed by atoms with Crippen LogP contribution in [0.25, 0.3) is 0 Å². The summed E-state index contributed by atoms with van der Waals surface area (Å²) < 4.78 is 37.9. The molecule has 1 aromatic carbocycles. The van der Waals surface area contributed by atoms with Gasteiger partial charge < -0.3 is 16.0 Å². The average molecular weight is 401 g/mol. The molecule has 0 aliphatic carbocycles. The standard InChI is InChI=1S/C17H20ClF3N6/c1-2-22-15(26-11-12-3-5-13(18)6-4-12)24-9-10-25-16-23-8-7-14(27-16)17(19,20)21/h3-8H,2,9-11H2,1H3,(H2,22,24,26)(H,23,25,27). The lowest BCUT2D eigenvalue weighted by molar-refractivity contribution is -0.141. The summed E-state index contributed by atoms with van der Waals surface area (Å²) in [5.41, 5.74) is 0.0259. The molecule has 0 aliphatic rings. The lowest BCUT2D eigenvalue weighted by Crippen LogP contribution is -2.39. The Kier molecular flexibility index (Phi) is 7.66. The third-order valence-corrected chi connectivity index (χ3v) is 3.58. The molecule has 0 bridgehead atoms. The monoisotopic (exact) mass is 400 g/mol. The number of hydrogen-bond acceptors (Lipinski definition) is 4. The fourth-order valence-corrected chi connectivity index (χ4v) is 2.18. The number of halogens is 4. The number of hydrogen-bond donors (Lipinski definition) is 3. The highest BCUT2D eigenvalue weighted by Gasteiger charge is 2.32. The largest absolute Gasteiger partial charge is 0.433 e. The van der Waals surface area contributed by atoms with Crippen LogP contribution in [-0.2, 0) is 12.7 Å². The molecule has 1 aromatic heterocycles. The van der Waals surface area contributed by atoms with Crippen molar-refractivity contribution in [2.45, 2.75) is 19.6 Å². The second kappa shape index (κ2) is 9.96. The number of alkyl halides is 3. The van der Waals surface area contributed by atoms with Gasteiger partial charge in [0, 0.05) is 30.9 Å². The van der Waals surface area contributed by atoms with Crippen molar-refractivity contribution >= 4 is 23.5 Å². The van der Waals surface area contributed by atoms with Crippen molar-refractivity contribution in [3.63, 3.8) is 0 Å². The number of anilines is 1. The van der Waals surface area contributed by atoms with Gasteiger partial charge in [0.2, 0.25) is 5.95 Å². The molecule has 0 amide bonds. The van der Waals surface area contributed by atoms with E-state index < -0.39 is 11.9 Å². The summed E-state index contributed by atoms with van der Waals surface area (Å²) in [6, 6.07) is 8.21. The molecule has 146 valence electrons. The number of aromatic nitrogens is 2. The van der Waals surface area contributed by atoms with Crippen molar-refractivity contribution in [3.8, 4) is 0 Å². The van der Waals surface area contributed by atoms with E-state index in [0.29, 0.717) is 37.2 Å². The molecule has 10 heteroatoms. The van der Waals surface area contributed by atoms with E-state index in [1.54, 1.807) is 12.1 Å². The normalized spacial score (nSPS) is 12.0. The van der Waals surface area contributed by atoms with Crippen molar-refractivity contribution < 1.29 is 13.2 Å². The van der Waals surface area contributed by atoms with Gasteiger partial charge in [-0.15, -0.1) is 0 Å². The molecule has 27 heavy (non-hydrogen) atoms. The van der Waals surface area contributed by atoms with Gasteiger partial charge in [-0.2, -0.15) is 13.2 Å². The minimum absolute atomic E-state index is 0.0743. The third kappa shape index (κ3) is 7.30. The van der Waals surface area contributed by atoms with Crippen molar-refractivity contribution in [3.05, 3.63) is 52.8 Å². The second-order valence-electron chi connectivity index (χ2n) is 5.44. The SMILES string of the molecule is CCNC(=NCc1ccc(Cl)cc1)NCCNc1nccc(C(F)(F)F)n1. The lowest BCUT2D eigenvalue weighted by Gasteiger charge is -2.12. The third-order valence-electron chi connectivity index (χ3n) is 3.32. The topological polar surface area (TPSA) is 74.2 Å². The maximum Gasteiger partial charge on any atom is 0.433 e. The number of guanidine groups is 1. The fraction of sp³-hybridized carbons (Fsp3) is 0.353. The van der Waals surface area contributed by atoms with Crippen molar-refractivity contribution in [1.29, 1.82) is 0 Å². The van der Waals surface area contributed by atoms with Gasteiger partial charge in [0.15, 0.2) is 5.96 Å². The molecule has 2 rings (SSSR count). The smallest absolute Gasteiger partial charge is 0.357 e. The van der Waals surface area contributed by atoms with Crippen LogP contribution < -0.4 is 16.0 Å². The molecule has 0 saturated carbocycles. The average Bonchev–Trinajstić information content (AvgIpc) is 2.64. The van der Waals surface area contributed by atoms with E-state index in [2.05, 4.69) is 30.9 Å². The highest BCUT2D eigenvalue weighted by molar-refractivity contribution is 6.30. The first-order valence-corrected chi connectivity index (χ1v) is 8.67. The first kappa shape index (κ1) is 20.8. The zero-order chi connectivity index (χ0) is 19.7. The highest BCUT2D eigenvalue weighted by atomic mass is 35.5. The molecule has 0 aliphatic heterocycles. The van der Waals surface area contributed by atoms with E-state index in [9.17, 15) is 13.2 Å².